The molecule has 0 radical (unpaired) electrons. The fourth-order valence-corrected chi connectivity index (χ4v) is 2.81. The molecule has 1 aromatic carbocycles. The molecule has 88 valence electrons. The Labute approximate surface area is 98.4 Å². The highest BCUT2D eigenvalue weighted by atomic mass is 15.1. The Hall–Kier alpha value is -0.860. The zero-order valence-electron chi connectivity index (χ0n) is 10.5. The number of benzene rings is 1. The van der Waals surface area contributed by atoms with Gasteiger partial charge in [0.25, 0.3) is 0 Å². The van der Waals surface area contributed by atoms with E-state index in [2.05, 4.69) is 50.2 Å². The van der Waals surface area contributed by atoms with Gasteiger partial charge >= 0.3 is 0 Å². The summed E-state index contributed by atoms with van der Waals surface area (Å²) in [7, 11) is 4.33. The summed E-state index contributed by atoms with van der Waals surface area (Å²) in [6, 6.07) is 9.80. The highest BCUT2D eigenvalue weighted by Crippen LogP contribution is 2.39. The van der Waals surface area contributed by atoms with E-state index < -0.39 is 0 Å². The first kappa shape index (κ1) is 11.6. The second-order valence-electron chi connectivity index (χ2n) is 5.31. The van der Waals surface area contributed by atoms with Crippen LogP contribution in [0.1, 0.15) is 30.0 Å². The molecule has 0 bridgehead atoms. The Balaban J connectivity index is 2.19. The molecule has 16 heavy (non-hydrogen) atoms. The monoisotopic (exact) mass is 218 g/mol. The van der Waals surface area contributed by atoms with Crippen molar-refractivity contribution in [1.29, 1.82) is 0 Å². The van der Waals surface area contributed by atoms with Crippen molar-refractivity contribution < 1.29 is 0 Å². The number of nitrogens with zero attached hydrogens (tertiary/aromatic N) is 1. The molecule has 0 aromatic heterocycles. The maximum atomic E-state index is 5.90. The minimum absolute atomic E-state index is 0.428. The smallest absolute Gasteiger partial charge is 0.0371 e. The zero-order chi connectivity index (χ0) is 11.7. The van der Waals surface area contributed by atoms with E-state index in [-0.39, 0.29) is 0 Å². The van der Waals surface area contributed by atoms with Gasteiger partial charge in [0.05, 0.1) is 0 Å². The quantitative estimate of drug-likeness (QED) is 0.843. The molecule has 1 aromatic rings. The van der Waals surface area contributed by atoms with E-state index >= 15 is 0 Å². The fourth-order valence-electron chi connectivity index (χ4n) is 2.81. The lowest BCUT2D eigenvalue weighted by Gasteiger charge is -2.42. The predicted octanol–water partition coefficient (Wildman–Crippen LogP) is 2.34. The molecule has 1 unspecified atom stereocenters. The highest BCUT2D eigenvalue weighted by Gasteiger charge is 2.34. The SMILES string of the molecule is Cc1cccc(C(C2CC(N)C2)N(C)C)c1. The lowest BCUT2D eigenvalue weighted by atomic mass is 9.73. The van der Waals surface area contributed by atoms with Gasteiger partial charge < -0.3 is 10.6 Å². The Morgan fingerprint density at radius 1 is 1.31 bits per heavy atom. The van der Waals surface area contributed by atoms with Crippen LogP contribution in [0.2, 0.25) is 0 Å². The lowest BCUT2D eigenvalue weighted by Crippen LogP contribution is -2.43. The van der Waals surface area contributed by atoms with Crippen LogP contribution in [0.15, 0.2) is 24.3 Å². The minimum Gasteiger partial charge on any atom is -0.328 e. The van der Waals surface area contributed by atoms with E-state index in [1.807, 2.05) is 0 Å². The molecule has 1 atom stereocenters. The van der Waals surface area contributed by atoms with Crippen molar-refractivity contribution in [3.63, 3.8) is 0 Å². The van der Waals surface area contributed by atoms with Crippen LogP contribution in [0.5, 0.6) is 0 Å². The maximum absolute atomic E-state index is 5.90. The summed E-state index contributed by atoms with van der Waals surface area (Å²) in [6.45, 7) is 2.16. The lowest BCUT2D eigenvalue weighted by molar-refractivity contribution is 0.123. The molecule has 2 rings (SSSR count). The first-order valence-electron chi connectivity index (χ1n) is 6.06. The number of hydrogen-bond acceptors (Lipinski definition) is 2. The second kappa shape index (κ2) is 4.56. The van der Waals surface area contributed by atoms with Crippen molar-refractivity contribution in [1.82, 2.24) is 4.90 Å². The van der Waals surface area contributed by atoms with E-state index in [1.165, 1.54) is 11.1 Å². The Morgan fingerprint density at radius 3 is 2.50 bits per heavy atom. The van der Waals surface area contributed by atoms with Crippen LogP contribution in [-0.2, 0) is 0 Å². The average molecular weight is 218 g/mol. The normalized spacial score (nSPS) is 26.6. The van der Waals surface area contributed by atoms with Crippen molar-refractivity contribution in [2.75, 3.05) is 14.1 Å². The van der Waals surface area contributed by atoms with Crippen LogP contribution in [-0.4, -0.2) is 25.0 Å². The van der Waals surface area contributed by atoms with Crippen LogP contribution in [0, 0.1) is 12.8 Å². The molecule has 2 N–H and O–H groups in total. The fraction of sp³-hybridized carbons (Fsp3) is 0.571. The maximum Gasteiger partial charge on any atom is 0.0371 e. The zero-order valence-corrected chi connectivity index (χ0v) is 10.5. The summed E-state index contributed by atoms with van der Waals surface area (Å²) < 4.78 is 0. The molecule has 0 aliphatic heterocycles. The van der Waals surface area contributed by atoms with Crippen molar-refractivity contribution in [2.24, 2.45) is 11.7 Å². The van der Waals surface area contributed by atoms with Crippen LogP contribution < -0.4 is 5.73 Å². The number of aryl methyl sites for hydroxylation is 1. The summed E-state index contributed by atoms with van der Waals surface area (Å²) in [4.78, 5) is 2.32. The Kier molecular flexibility index (Phi) is 3.31. The van der Waals surface area contributed by atoms with Crippen LogP contribution in [0.3, 0.4) is 0 Å². The van der Waals surface area contributed by atoms with Gasteiger partial charge in [-0.3, -0.25) is 0 Å². The van der Waals surface area contributed by atoms with Gasteiger partial charge in [0, 0.05) is 12.1 Å². The van der Waals surface area contributed by atoms with Gasteiger partial charge in [-0.2, -0.15) is 0 Å². The molecule has 0 amide bonds. The van der Waals surface area contributed by atoms with Crippen LogP contribution in [0.4, 0.5) is 0 Å². The first-order valence-corrected chi connectivity index (χ1v) is 6.06. The molecule has 1 saturated carbocycles. The third-order valence-electron chi connectivity index (χ3n) is 3.60. The topological polar surface area (TPSA) is 29.3 Å². The predicted molar refractivity (Wildman–Crippen MR) is 68.3 cm³/mol. The molecule has 0 spiro atoms. The van der Waals surface area contributed by atoms with E-state index in [0.29, 0.717) is 12.1 Å². The van der Waals surface area contributed by atoms with E-state index in [4.69, 9.17) is 5.73 Å². The van der Waals surface area contributed by atoms with Gasteiger partial charge in [-0.15, -0.1) is 0 Å². The summed E-state index contributed by atoms with van der Waals surface area (Å²) in [6.07, 6.45) is 2.33. The molecule has 2 heteroatoms. The standard InChI is InChI=1S/C14H22N2/c1-10-5-4-6-11(7-10)14(16(2)3)12-8-13(15)9-12/h4-7,12-14H,8-9,15H2,1-3H3. The summed E-state index contributed by atoms with van der Waals surface area (Å²) in [5.41, 5.74) is 8.67. The van der Waals surface area contributed by atoms with Crippen molar-refractivity contribution in [3.8, 4) is 0 Å². The van der Waals surface area contributed by atoms with Gasteiger partial charge in [0.15, 0.2) is 0 Å². The minimum atomic E-state index is 0.428. The van der Waals surface area contributed by atoms with E-state index in [9.17, 15) is 0 Å². The third kappa shape index (κ3) is 2.28. The van der Waals surface area contributed by atoms with Gasteiger partial charge in [-0.05, 0) is 45.3 Å². The van der Waals surface area contributed by atoms with Crippen molar-refractivity contribution in [3.05, 3.63) is 35.4 Å². The molecular weight excluding hydrogens is 196 g/mol. The van der Waals surface area contributed by atoms with Crippen molar-refractivity contribution >= 4 is 0 Å². The van der Waals surface area contributed by atoms with Crippen LogP contribution >= 0.6 is 0 Å². The van der Waals surface area contributed by atoms with Gasteiger partial charge in [-0.1, -0.05) is 29.8 Å². The summed E-state index contributed by atoms with van der Waals surface area (Å²) in [5, 5.41) is 0. The van der Waals surface area contributed by atoms with Gasteiger partial charge in [0.2, 0.25) is 0 Å². The van der Waals surface area contributed by atoms with E-state index in [1.54, 1.807) is 0 Å². The van der Waals surface area contributed by atoms with Crippen molar-refractivity contribution in [2.45, 2.75) is 31.8 Å². The van der Waals surface area contributed by atoms with Crippen LogP contribution in [0.25, 0.3) is 0 Å². The summed E-state index contributed by atoms with van der Waals surface area (Å²) in [5.74, 6) is 0.729. The van der Waals surface area contributed by atoms with Gasteiger partial charge in [0.1, 0.15) is 0 Å². The molecule has 0 heterocycles. The molecule has 1 aliphatic carbocycles. The Morgan fingerprint density at radius 2 is 2.00 bits per heavy atom. The third-order valence-corrected chi connectivity index (χ3v) is 3.60. The molecule has 2 nitrogen and oxygen atoms in total. The molecule has 0 saturated heterocycles. The molecule has 1 aliphatic rings. The number of nitrogens with two attached hydrogens (primary N) is 1. The van der Waals surface area contributed by atoms with Gasteiger partial charge in [-0.25, -0.2) is 0 Å². The molecule has 1 fully saturated rings. The second-order valence-corrected chi connectivity index (χ2v) is 5.31. The molecular formula is C14H22N2. The van der Waals surface area contributed by atoms with E-state index in [0.717, 1.165) is 18.8 Å². The average Bonchev–Trinajstić information content (AvgIpc) is 2.15. The summed E-state index contributed by atoms with van der Waals surface area (Å²) >= 11 is 0. The Bertz CT molecular complexity index is 354. The largest absolute Gasteiger partial charge is 0.328 e. The first-order chi connectivity index (χ1) is 7.58. The number of rotatable bonds is 3. The highest BCUT2D eigenvalue weighted by molar-refractivity contribution is 5.26. The number of hydrogen-bond donors (Lipinski definition) is 1.